The van der Waals surface area contributed by atoms with Gasteiger partial charge in [0.1, 0.15) is 0 Å². The van der Waals surface area contributed by atoms with Gasteiger partial charge >= 0.3 is 0 Å². The first kappa shape index (κ1) is 14.1. The first-order valence-corrected chi connectivity index (χ1v) is 7.33. The molecular formula is C12H17NO5S. The maximum absolute atomic E-state index is 12.4. The van der Waals surface area contributed by atoms with Crippen molar-refractivity contribution in [2.45, 2.75) is 18.2 Å². The first-order chi connectivity index (χ1) is 9.00. The molecule has 0 unspecified atom stereocenters. The molecular weight excluding hydrogens is 270 g/mol. The third-order valence-corrected chi connectivity index (χ3v) is 4.77. The summed E-state index contributed by atoms with van der Waals surface area (Å²) < 4.78 is 36.2. The summed E-state index contributed by atoms with van der Waals surface area (Å²) in [5.74, 6) is 0.882. The van der Waals surface area contributed by atoms with Crippen LogP contribution in [0, 0.1) is 6.92 Å². The Balaban J connectivity index is 2.49. The first-order valence-electron chi connectivity index (χ1n) is 5.89. The van der Waals surface area contributed by atoms with Crippen molar-refractivity contribution < 1.29 is 22.7 Å². The lowest BCUT2D eigenvalue weighted by molar-refractivity contribution is -0.0285. The summed E-state index contributed by atoms with van der Waals surface area (Å²) in [6.07, 6.45) is 0.700. The molecule has 1 aromatic carbocycles. The van der Waals surface area contributed by atoms with Crippen molar-refractivity contribution >= 4 is 10.0 Å². The van der Waals surface area contributed by atoms with E-state index in [0.717, 1.165) is 4.47 Å². The molecule has 2 rings (SSSR count). The maximum Gasteiger partial charge on any atom is 0.265 e. The number of benzene rings is 1. The molecule has 0 atom stereocenters. The number of hydrogen-bond acceptors (Lipinski definition) is 5. The maximum atomic E-state index is 12.4. The second-order valence-corrected chi connectivity index (χ2v) is 5.99. The molecule has 0 saturated carbocycles. The molecule has 6 nitrogen and oxygen atoms in total. The van der Waals surface area contributed by atoms with Crippen LogP contribution in [0.4, 0.5) is 0 Å². The largest absolute Gasteiger partial charge is 0.493 e. The van der Waals surface area contributed by atoms with Crippen LogP contribution in [-0.2, 0) is 14.9 Å². The fourth-order valence-corrected chi connectivity index (χ4v) is 3.49. The van der Waals surface area contributed by atoms with Crippen molar-refractivity contribution in [2.75, 3.05) is 27.4 Å². The Morgan fingerprint density at radius 2 is 1.84 bits per heavy atom. The molecule has 0 N–H and O–H groups in total. The zero-order chi connectivity index (χ0) is 14.0. The van der Waals surface area contributed by atoms with Crippen LogP contribution < -0.4 is 9.47 Å². The van der Waals surface area contributed by atoms with Crippen molar-refractivity contribution in [3.63, 3.8) is 0 Å². The number of aryl methyl sites for hydroxylation is 1. The van der Waals surface area contributed by atoms with Gasteiger partial charge < -0.3 is 9.47 Å². The van der Waals surface area contributed by atoms with E-state index in [9.17, 15) is 8.42 Å². The molecule has 0 bridgehead atoms. The fraction of sp³-hybridized carbons (Fsp3) is 0.500. The van der Waals surface area contributed by atoms with Crippen molar-refractivity contribution in [3.8, 4) is 11.5 Å². The van der Waals surface area contributed by atoms with Crippen LogP contribution in [0.1, 0.15) is 12.0 Å². The summed E-state index contributed by atoms with van der Waals surface area (Å²) in [5.41, 5.74) is 0.591. The molecule has 1 aliphatic heterocycles. The summed E-state index contributed by atoms with van der Waals surface area (Å²) in [4.78, 5) is 5.30. The second kappa shape index (κ2) is 5.36. The van der Waals surface area contributed by atoms with E-state index in [2.05, 4.69) is 0 Å². The summed E-state index contributed by atoms with van der Waals surface area (Å²) in [7, 11) is -0.674. The number of sulfonamides is 1. The van der Waals surface area contributed by atoms with Crippen LogP contribution in [0.2, 0.25) is 0 Å². The van der Waals surface area contributed by atoms with Crippen LogP contribution >= 0.6 is 0 Å². The van der Waals surface area contributed by atoms with Gasteiger partial charge in [-0.25, -0.2) is 8.42 Å². The number of hydroxylamine groups is 1. The smallest absolute Gasteiger partial charge is 0.265 e. The quantitative estimate of drug-likeness (QED) is 0.836. The van der Waals surface area contributed by atoms with Crippen LogP contribution in [0.5, 0.6) is 11.5 Å². The highest BCUT2D eigenvalue weighted by molar-refractivity contribution is 7.89. The highest BCUT2D eigenvalue weighted by Crippen LogP contribution is 2.34. The van der Waals surface area contributed by atoms with Crippen LogP contribution in [-0.4, -0.2) is 40.3 Å². The van der Waals surface area contributed by atoms with E-state index in [-0.39, 0.29) is 4.90 Å². The highest BCUT2D eigenvalue weighted by Gasteiger charge is 2.31. The lowest BCUT2D eigenvalue weighted by Crippen LogP contribution is -2.27. The van der Waals surface area contributed by atoms with Gasteiger partial charge in [0.15, 0.2) is 11.5 Å². The minimum atomic E-state index is -3.65. The summed E-state index contributed by atoms with van der Waals surface area (Å²) in [5, 5.41) is 0. The average molecular weight is 287 g/mol. The molecule has 106 valence electrons. The standard InChI is InChI=1S/C12H17NO5S/c1-9-7-10(16-2)11(17-3)8-12(9)19(14,15)13-5-4-6-18-13/h7-8H,4-6H2,1-3H3. The lowest BCUT2D eigenvalue weighted by atomic mass is 10.2. The van der Waals surface area contributed by atoms with Crippen LogP contribution in [0.3, 0.4) is 0 Å². The van der Waals surface area contributed by atoms with Gasteiger partial charge in [0.25, 0.3) is 10.0 Å². The Bertz CT molecular complexity index is 564. The Hall–Kier alpha value is -1.31. The van der Waals surface area contributed by atoms with Crippen LogP contribution in [0.25, 0.3) is 0 Å². The number of hydrogen-bond donors (Lipinski definition) is 0. The number of methoxy groups -OCH3 is 2. The van der Waals surface area contributed by atoms with E-state index >= 15 is 0 Å². The fourth-order valence-electron chi connectivity index (χ4n) is 1.96. The SMILES string of the molecule is COc1cc(C)c(S(=O)(=O)N2CCCO2)cc1OC. The van der Waals surface area contributed by atoms with Crippen LogP contribution in [0.15, 0.2) is 17.0 Å². The molecule has 19 heavy (non-hydrogen) atoms. The van der Waals surface area contributed by atoms with Gasteiger partial charge in [-0.05, 0) is 25.0 Å². The van der Waals surface area contributed by atoms with Crippen molar-refractivity contribution in [2.24, 2.45) is 0 Å². The van der Waals surface area contributed by atoms with E-state index in [4.69, 9.17) is 14.3 Å². The van der Waals surface area contributed by atoms with Gasteiger partial charge in [-0.2, -0.15) is 0 Å². The topological polar surface area (TPSA) is 65.1 Å². The Kier molecular flexibility index (Phi) is 3.98. The van der Waals surface area contributed by atoms with E-state index in [0.29, 0.717) is 36.6 Å². The Labute approximate surface area is 112 Å². The van der Waals surface area contributed by atoms with Gasteiger partial charge in [0, 0.05) is 12.6 Å². The minimum Gasteiger partial charge on any atom is -0.493 e. The van der Waals surface area contributed by atoms with Crippen molar-refractivity contribution in [1.29, 1.82) is 0 Å². The van der Waals surface area contributed by atoms with E-state index in [1.807, 2.05) is 0 Å². The third kappa shape index (κ3) is 2.54. The molecule has 0 aromatic heterocycles. The highest BCUT2D eigenvalue weighted by atomic mass is 32.2. The molecule has 0 amide bonds. The third-order valence-electron chi connectivity index (χ3n) is 2.95. The number of ether oxygens (including phenoxy) is 2. The van der Waals surface area contributed by atoms with E-state index in [1.165, 1.54) is 20.3 Å². The summed E-state index contributed by atoms with van der Waals surface area (Å²) in [6.45, 7) is 2.51. The lowest BCUT2D eigenvalue weighted by Gasteiger charge is -2.17. The number of nitrogens with zero attached hydrogens (tertiary/aromatic N) is 1. The van der Waals surface area contributed by atoms with Crippen molar-refractivity contribution in [3.05, 3.63) is 17.7 Å². The van der Waals surface area contributed by atoms with E-state index < -0.39 is 10.0 Å². The predicted molar refractivity (Wildman–Crippen MR) is 68.7 cm³/mol. The molecule has 0 radical (unpaired) electrons. The zero-order valence-electron chi connectivity index (χ0n) is 11.2. The molecule has 1 saturated heterocycles. The number of rotatable bonds is 4. The van der Waals surface area contributed by atoms with Gasteiger partial charge in [-0.3, -0.25) is 4.84 Å². The van der Waals surface area contributed by atoms with Gasteiger partial charge in [0.05, 0.1) is 25.7 Å². The minimum absolute atomic E-state index is 0.173. The Morgan fingerprint density at radius 3 is 2.37 bits per heavy atom. The summed E-state index contributed by atoms with van der Waals surface area (Å²) in [6, 6.07) is 3.10. The molecule has 1 fully saturated rings. The monoisotopic (exact) mass is 287 g/mol. The van der Waals surface area contributed by atoms with Gasteiger partial charge in [-0.1, -0.05) is 4.47 Å². The van der Waals surface area contributed by atoms with Crippen molar-refractivity contribution in [1.82, 2.24) is 4.47 Å². The normalized spacial score (nSPS) is 16.6. The molecule has 1 aromatic rings. The molecule has 1 aliphatic rings. The van der Waals surface area contributed by atoms with Gasteiger partial charge in [-0.15, -0.1) is 0 Å². The van der Waals surface area contributed by atoms with Gasteiger partial charge in [0.2, 0.25) is 0 Å². The van der Waals surface area contributed by atoms with E-state index in [1.54, 1.807) is 13.0 Å². The predicted octanol–water partition coefficient (Wildman–Crippen LogP) is 1.34. The summed E-state index contributed by atoms with van der Waals surface area (Å²) >= 11 is 0. The average Bonchev–Trinajstić information content (AvgIpc) is 2.92. The molecule has 1 heterocycles. The zero-order valence-corrected chi connectivity index (χ0v) is 12.0. The molecule has 0 spiro atoms. The second-order valence-electron chi connectivity index (χ2n) is 4.19. The Morgan fingerprint density at radius 1 is 1.21 bits per heavy atom. The molecule has 0 aliphatic carbocycles. The molecule has 7 heteroatoms.